The maximum absolute atomic E-state index is 13.2. The van der Waals surface area contributed by atoms with E-state index < -0.39 is 15.9 Å². The number of aliphatic imine (C=N–C) groups is 1. The van der Waals surface area contributed by atoms with Crippen molar-refractivity contribution in [1.82, 2.24) is 4.31 Å². The molecule has 0 unspecified atom stereocenters. The van der Waals surface area contributed by atoms with Gasteiger partial charge in [0.15, 0.2) is 5.84 Å². The van der Waals surface area contributed by atoms with E-state index in [0.29, 0.717) is 23.7 Å². The summed E-state index contributed by atoms with van der Waals surface area (Å²) in [6.45, 7) is 4.26. The molecule has 3 rings (SSSR count). The van der Waals surface area contributed by atoms with E-state index in [1.165, 1.54) is 13.2 Å². The molecule has 9 heteroatoms. The van der Waals surface area contributed by atoms with Gasteiger partial charge in [-0.3, -0.25) is 4.79 Å². The average Bonchev–Trinajstić information content (AvgIpc) is 2.70. The van der Waals surface area contributed by atoms with Crippen molar-refractivity contribution in [3.63, 3.8) is 0 Å². The number of benzene rings is 2. The summed E-state index contributed by atoms with van der Waals surface area (Å²) >= 11 is 6.09. The number of nitrogens with zero attached hydrogens (tertiary/aromatic N) is 2. The van der Waals surface area contributed by atoms with E-state index in [1.54, 1.807) is 42.5 Å². The molecule has 1 heterocycles. The van der Waals surface area contributed by atoms with Crippen molar-refractivity contribution < 1.29 is 17.9 Å². The monoisotopic (exact) mass is 433 g/mol. The number of sulfonamides is 1. The number of nitrogens with one attached hydrogen (secondary N) is 1. The third-order valence-corrected chi connectivity index (χ3v) is 6.44. The highest BCUT2D eigenvalue weighted by Crippen LogP contribution is 2.34. The van der Waals surface area contributed by atoms with Crippen LogP contribution in [-0.4, -0.2) is 44.7 Å². The van der Waals surface area contributed by atoms with E-state index in [-0.39, 0.29) is 28.5 Å². The normalized spacial score (nSPS) is 14.7. The zero-order chi connectivity index (χ0) is 21.0. The Bertz CT molecular complexity index is 1080. The van der Waals surface area contributed by atoms with Crippen molar-refractivity contribution in [2.24, 2.45) is 4.99 Å². The third kappa shape index (κ3) is 4.34. The van der Waals surface area contributed by atoms with E-state index in [4.69, 9.17) is 16.3 Å². The minimum Gasteiger partial charge on any atom is -0.385 e. The highest BCUT2D eigenvalue weighted by molar-refractivity contribution is 7.90. The first kappa shape index (κ1) is 21.0. The second-order valence-electron chi connectivity index (χ2n) is 6.24. The van der Waals surface area contributed by atoms with Crippen LogP contribution in [-0.2, 0) is 19.6 Å². The lowest BCUT2D eigenvalue weighted by molar-refractivity contribution is -0.112. The summed E-state index contributed by atoms with van der Waals surface area (Å²) in [4.78, 5) is 17.3. The largest absolute Gasteiger partial charge is 0.385 e. The molecule has 0 aliphatic carbocycles. The van der Waals surface area contributed by atoms with Crippen LogP contribution >= 0.6 is 11.6 Å². The Labute approximate surface area is 174 Å². The van der Waals surface area contributed by atoms with Crippen molar-refractivity contribution in [2.75, 3.05) is 25.6 Å². The molecule has 7 nitrogen and oxygen atoms in total. The molecule has 29 heavy (non-hydrogen) atoms. The molecule has 0 aromatic heterocycles. The summed E-state index contributed by atoms with van der Waals surface area (Å²) in [6.07, 6.45) is 0.427. The van der Waals surface area contributed by atoms with Gasteiger partial charge in [0.2, 0.25) is 0 Å². The van der Waals surface area contributed by atoms with Gasteiger partial charge in [-0.05, 0) is 30.7 Å². The van der Waals surface area contributed by atoms with Crippen LogP contribution in [0.2, 0.25) is 5.02 Å². The second kappa shape index (κ2) is 8.77. The molecule has 0 saturated heterocycles. The van der Waals surface area contributed by atoms with Gasteiger partial charge in [0.25, 0.3) is 15.9 Å². The number of hydrogen-bond acceptors (Lipinski definition) is 5. The number of carbonyl (C=O) groups excluding carboxylic acids is 1. The van der Waals surface area contributed by atoms with Gasteiger partial charge in [-0.1, -0.05) is 42.4 Å². The molecule has 2 aromatic rings. The fraction of sp³-hybridized carbons (Fsp3) is 0.200. The number of amidine groups is 1. The minimum absolute atomic E-state index is 0.0237. The van der Waals surface area contributed by atoms with Crippen LogP contribution in [0.1, 0.15) is 6.42 Å². The van der Waals surface area contributed by atoms with Gasteiger partial charge in [-0.15, -0.1) is 0 Å². The van der Waals surface area contributed by atoms with Gasteiger partial charge in [-0.2, -0.15) is 0 Å². The van der Waals surface area contributed by atoms with Crippen molar-refractivity contribution >= 4 is 44.7 Å². The van der Waals surface area contributed by atoms with E-state index >= 15 is 0 Å². The van der Waals surface area contributed by atoms with E-state index in [2.05, 4.69) is 16.9 Å². The lowest BCUT2D eigenvalue weighted by atomic mass is 10.2. The Balaban J connectivity index is 1.97. The molecular weight excluding hydrogens is 414 g/mol. The van der Waals surface area contributed by atoms with Crippen LogP contribution in [0.3, 0.4) is 0 Å². The van der Waals surface area contributed by atoms with E-state index in [0.717, 1.165) is 4.31 Å². The Morgan fingerprint density at radius 3 is 2.62 bits per heavy atom. The molecule has 1 amide bonds. The highest BCUT2D eigenvalue weighted by atomic mass is 35.5. The zero-order valence-corrected chi connectivity index (χ0v) is 17.3. The van der Waals surface area contributed by atoms with Crippen molar-refractivity contribution in [2.45, 2.75) is 11.3 Å². The Hall–Kier alpha value is -2.68. The SMILES string of the molecule is C=C(C(=O)Nc1ccccc1Cl)C1=Nc2ccccc2S(=O)(=O)N1CCCOC. The first-order valence-corrected chi connectivity index (χ1v) is 10.6. The van der Waals surface area contributed by atoms with Crippen LogP contribution in [0.15, 0.2) is 70.6 Å². The van der Waals surface area contributed by atoms with E-state index in [1.807, 2.05) is 0 Å². The third-order valence-electron chi connectivity index (χ3n) is 4.27. The van der Waals surface area contributed by atoms with Gasteiger partial charge in [0.1, 0.15) is 4.90 Å². The molecule has 1 N–H and O–H groups in total. The van der Waals surface area contributed by atoms with Crippen LogP contribution in [0.4, 0.5) is 11.4 Å². The number of halogens is 1. The van der Waals surface area contributed by atoms with Crippen LogP contribution < -0.4 is 5.32 Å². The van der Waals surface area contributed by atoms with Crippen molar-refractivity contribution in [3.05, 3.63) is 65.7 Å². The van der Waals surface area contributed by atoms with Gasteiger partial charge in [-0.25, -0.2) is 17.7 Å². The number of rotatable bonds is 7. The van der Waals surface area contributed by atoms with E-state index in [9.17, 15) is 13.2 Å². The number of para-hydroxylation sites is 2. The number of anilines is 1. The maximum Gasteiger partial charge on any atom is 0.267 e. The first-order chi connectivity index (χ1) is 13.9. The number of carbonyl (C=O) groups is 1. The van der Waals surface area contributed by atoms with Crippen LogP contribution in [0, 0.1) is 0 Å². The summed E-state index contributed by atoms with van der Waals surface area (Å²) < 4.78 is 32.4. The standard InChI is InChI=1S/C20H20ClN3O4S/c1-14(20(25)23-16-9-4-3-8-15(16)21)19-22-17-10-5-6-11-18(17)29(26,27)24(19)12-7-13-28-2/h3-6,8-11H,1,7,12-13H2,2H3,(H,23,25). The molecule has 152 valence electrons. The maximum atomic E-state index is 13.2. The molecule has 0 fully saturated rings. The predicted molar refractivity (Wildman–Crippen MR) is 113 cm³/mol. The van der Waals surface area contributed by atoms with Gasteiger partial charge >= 0.3 is 0 Å². The molecule has 1 aliphatic rings. The number of hydrogen-bond donors (Lipinski definition) is 1. The fourth-order valence-electron chi connectivity index (χ4n) is 2.83. The van der Waals surface area contributed by atoms with Crippen molar-refractivity contribution in [1.29, 1.82) is 0 Å². The van der Waals surface area contributed by atoms with Crippen LogP contribution in [0.5, 0.6) is 0 Å². The fourth-order valence-corrected chi connectivity index (χ4v) is 4.63. The highest BCUT2D eigenvalue weighted by Gasteiger charge is 2.36. The Morgan fingerprint density at radius 1 is 1.21 bits per heavy atom. The lowest BCUT2D eigenvalue weighted by Gasteiger charge is -2.30. The Morgan fingerprint density at radius 2 is 1.90 bits per heavy atom. The molecular formula is C20H20ClN3O4S. The number of fused-ring (bicyclic) bond motifs is 1. The topological polar surface area (TPSA) is 88.1 Å². The average molecular weight is 434 g/mol. The van der Waals surface area contributed by atoms with Gasteiger partial charge < -0.3 is 10.1 Å². The number of ether oxygens (including phenoxy) is 1. The summed E-state index contributed by atoms with van der Waals surface area (Å²) in [5, 5.41) is 3.00. The first-order valence-electron chi connectivity index (χ1n) is 8.81. The molecule has 0 bridgehead atoms. The molecule has 0 atom stereocenters. The predicted octanol–water partition coefficient (Wildman–Crippen LogP) is 3.61. The quantitative estimate of drug-likeness (QED) is 0.533. The molecule has 0 radical (unpaired) electrons. The molecule has 0 spiro atoms. The molecule has 0 saturated carbocycles. The summed E-state index contributed by atoms with van der Waals surface area (Å²) in [5.74, 6) is -0.618. The number of amides is 1. The van der Waals surface area contributed by atoms with Gasteiger partial charge in [0, 0.05) is 20.3 Å². The van der Waals surface area contributed by atoms with Crippen molar-refractivity contribution in [3.8, 4) is 0 Å². The smallest absolute Gasteiger partial charge is 0.267 e. The molecule has 1 aliphatic heterocycles. The second-order valence-corrected chi connectivity index (χ2v) is 8.48. The zero-order valence-electron chi connectivity index (χ0n) is 15.8. The van der Waals surface area contributed by atoms with Gasteiger partial charge in [0.05, 0.1) is 22.0 Å². The summed E-state index contributed by atoms with van der Waals surface area (Å²) in [6, 6.07) is 13.1. The summed E-state index contributed by atoms with van der Waals surface area (Å²) in [7, 11) is -2.36. The lowest BCUT2D eigenvalue weighted by Crippen LogP contribution is -2.42. The van der Waals surface area contributed by atoms with Crippen LogP contribution in [0.25, 0.3) is 0 Å². The summed E-state index contributed by atoms with van der Waals surface area (Å²) in [5.41, 5.74) is 0.573. The minimum atomic E-state index is -3.89. The Kier molecular flexibility index (Phi) is 6.36. The number of methoxy groups -OCH3 is 1. The molecule has 2 aromatic carbocycles.